The van der Waals surface area contributed by atoms with Gasteiger partial charge in [-0.1, -0.05) is 47.2 Å². The number of rotatable bonds is 7. The van der Waals surface area contributed by atoms with Crippen LogP contribution in [0.4, 0.5) is 5.00 Å². The van der Waals surface area contributed by atoms with Gasteiger partial charge in [-0.25, -0.2) is 4.98 Å². The van der Waals surface area contributed by atoms with Crippen LogP contribution in [0.1, 0.15) is 30.0 Å². The number of thiazole rings is 1. The Morgan fingerprint density at radius 2 is 1.97 bits per heavy atom. The fourth-order valence-corrected chi connectivity index (χ4v) is 3.94. The van der Waals surface area contributed by atoms with E-state index in [-0.39, 0.29) is 5.91 Å². The van der Waals surface area contributed by atoms with Gasteiger partial charge in [-0.15, -0.1) is 0 Å². The number of carbonyl (C=O) groups is 1. The number of nitrogens with one attached hydrogen (secondary N) is 1. The summed E-state index contributed by atoms with van der Waals surface area (Å²) in [6, 6.07) is 15.6. The molecule has 0 unspecified atom stereocenters. The first-order valence-electron chi connectivity index (χ1n) is 9.73. The lowest BCUT2D eigenvalue weighted by molar-refractivity contribution is -0.114. The Hall–Kier alpha value is -3.63. The van der Waals surface area contributed by atoms with Gasteiger partial charge in [0.25, 0.3) is 0 Å². The number of ether oxygens (including phenoxy) is 2. The van der Waals surface area contributed by atoms with E-state index >= 15 is 0 Å². The van der Waals surface area contributed by atoms with Gasteiger partial charge in [0.15, 0.2) is 11.5 Å². The van der Waals surface area contributed by atoms with E-state index in [4.69, 9.17) is 9.47 Å². The number of allylic oxidation sites excluding steroid dienone is 1. The highest BCUT2D eigenvalue weighted by Crippen LogP contribution is 2.37. The third-order valence-corrected chi connectivity index (χ3v) is 5.40. The van der Waals surface area contributed by atoms with Gasteiger partial charge in [0.2, 0.25) is 5.91 Å². The lowest BCUT2D eigenvalue weighted by Crippen LogP contribution is -2.05. The average molecular weight is 434 g/mol. The number of amides is 1. The highest BCUT2D eigenvalue weighted by molar-refractivity contribution is 7.17. The van der Waals surface area contributed by atoms with Crippen LogP contribution in [0.2, 0.25) is 0 Å². The first-order valence-corrected chi connectivity index (χ1v) is 10.5. The third kappa shape index (κ3) is 5.30. The lowest BCUT2D eigenvalue weighted by Gasteiger charge is -2.09. The molecule has 158 valence electrons. The van der Waals surface area contributed by atoms with E-state index in [1.165, 1.54) is 18.3 Å². The molecule has 6 nitrogen and oxygen atoms in total. The minimum absolute atomic E-state index is 0.192. The number of nitrogens with zero attached hydrogens (tertiary/aromatic N) is 2. The molecule has 1 amide bonds. The average Bonchev–Trinajstić information content (AvgIpc) is 3.16. The molecular formula is C24H23N3O3S. The standard InChI is InChI=1S/C24H23N3O3S/c1-5-30-20-11-8-17(13-21(20)29-4)12-19(14-25)23-27-22(24(31-23)26-16(3)28)18-9-6-15(2)7-10-18/h6-13H,5H2,1-4H3,(H,26,28)/b19-12+. The van der Waals surface area contributed by atoms with Gasteiger partial charge in [0, 0.05) is 12.5 Å². The molecule has 1 N–H and O–H groups in total. The largest absolute Gasteiger partial charge is 0.493 e. The molecule has 3 aromatic rings. The predicted molar refractivity (Wildman–Crippen MR) is 124 cm³/mol. The molecule has 0 radical (unpaired) electrons. The molecule has 0 spiro atoms. The lowest BCUT2D eigenvalue weighted by atomic mass is 10.1. The SMILES string of the molecule is CCOc1ccc(/C=C(\C#N)c2nc(-c3ccc(C)cc3)c(NC(C)=O)s2)cc1OC. The van der Waals surface area contributed by atoms with E-state index in [2.05, 4.69) is 16.4 Å². The zero-order chi connectivity index (χ0) is 22.4. The summed E-state index contributed by atoms with van der Waals surface area (Å²) in [5.74, 6) is 1.04. The topological polar surface area (TPSA) is 84.2 Å². The first-order chi connectivity index (χ1) is 14.9. The number of nitriles is 1. The van der Waals surface area contributed by atoms with Gasteiger partial charge in [-0.3, -0.25) is 4.79 Å². The summed E-state index contributed by atoms with van der Waals surface area (Å²) in [4.78, 5) is 16.4. The predicted octanol–water partition coefficient (Wildman–Crippen LogP) is 5.55. The van der Waals surface area contributed by atoms with Crippen LogP contribution >= 0.6 is 11.3 Å². The van der Waals surface area contributed by atoms with Crippen molar-refractivity contribution in [2.45, 2.75) is 20.8 Å². The number of aromatic nitrogens is 1. The van der Waals surface area contributed by atoms with E-state index < -0.39 is 0 Å². The van der Waals surface area contributed by atoms with Crippen LogP contribution in [0, 0.1) is 18.3 Å². The molecule has 0 fully saturated rings. The summed E-state index contributed by atoms with van der Waals surface area (Å²) in [7, 11) is 1.57. The summed E-state index contributed by atoms with van der Waals surface area (Å²) < 4.78 is 10.9. The van der Waals surface area contributed by atoms with E-state index in [9.17, 15) is 10.1 Å². The van der Waals surface area contributed by atoms with Crippen LogP contribution < -0.4 is 14.8 Å². The number of carbonyl (C=O) groups excluding carboxylic acids is 1. The highest BCUT2D eigenvalue weighted by atomic mass is 32.1. The summed E-state index contributed by atoms with van der Waals surface area (Å²) in [6.07, 6.45) is 1.74. The number of anilines is 1. The summed E-state index contributed by atoms with van der Waals surface area (Å²) in [6.45, 7) is 5.89. The van der Waals surface area contributed by atoms with Crippen molar-refractivity contribution in [1.82, 2.24) is 4.98 Å². The fraction of sp³-hybridized carbons (Fsp3) is 0.208. The number of aryl methyl sites for hydroxylation is 1. The molecule has 1 aromatic heterocycles. The zero-order valence-corrected chi connectivity index (χ0v) is 18.7. The van der Waals surface area contributed by atoms with Gasteiger partial charge in [0.1, 0.15) is 21.8 Å². The van der Waals surface area contributed by atoms with Gasteiger partial charge >= 0.3 is 0 Å². The van der Waals surface area contributed by atoms with Crippen molar-refractivity contribution in [2.75, 3.05) is 19.0 Å². The molecule has 3 rings (SSSR count). The van der Waals surface area contributed by atoms with Crippen molar-refractivity contribution in [3.05, 3.63) is 58.6 Å². The van der Waals surface area contributed by atoms with Crippen LogP contribution in [0.15, 0.2) is 42.5 Å². The maximum absolute atomic E-state index is 11.7. The van der Waals surface area contributed by atoms with E-state index in [0.717, 1.165) is 16.7 Å². The molecule has 0 saturated heterocycles. The maximum atomic E-state index is 11.7. The van der Waals surface area contributed by atoms with Crippen LogP contribution in [-0.4, -0.2) is 24.6 Å². The molecule has 0 bridgehead atoms. The molecule has 2 aromatic carbocycles. The summed E-state index contributed by atoms with van der Waals surface area (Å²) >= 11 is 1.27. The zero-order valence-electron chi connectivity index (χ0n) is 17.9. The Kier molecular flexibility index (Phi) is 7.06. The molecule has 1 heterocycles. The molecule has 0 atom stereocenters. The van der Waals surface area contributed by atoms with E-state index in [1.807, 2.05) is 56.3 Å². The Morgan fingerprint density at radius 1 is 1.23 bits per heavy atom. The quantitative estimate of drug-likeness (QED) is 0.494. The fourth-order valence-electron chi connectivity index (χ4n) is 2.94. The molecular weight excluding hydrogens is 410 g/mol. The Balaban J connectivity index is 2.04. The Labute approximate surface area is 185 Å². The minimum atomic E-state index is -0.192. The van der Waals surface area contributed by atoms with Crippen molar-refractivity contribution in [3.8, 4) is 28.8 Å². The second-order valence-electron chi connectivity index (χ2n) is 6.76. The number of hydrogen-bond acceptors (Lipinski definition) is 6. The molecule has 0 aliphatic heterocycles. The second kappa shape index (κ2) is 9.92. The van der Waals surface area contributed by atoms with Crippen molar-refractivity contribution in [1.29, 1.82) is 5.26 Å². The van der Waals surface area contributed by atoms with Crippen LogP contribution in [0.5, 0.6) is 11.5 Å². The minimum Gasteiger partial charge on any atom is -0.493 e. The van der Waals surface area contributed by atoms with Crippen LogP contribution in [0.3, 0.4) is 0 Å². The number of benzene rings is 2. The van der Waals surface area contributed by atoms with Crippen molar-refractivity contribution in [2.24, 2.45) is 0 Å². The summed E-state index contributed by atoms with van der Waals surface area (Å²) in [5, 5.41) is 13.8. The normalized spacial score (nSPS) is 11.0. The van der Waals surface area contributed by atoms with Gasteiger partial charge < -0.3 is 14.8 Å². The van der Waals surface area contributed by atoms with Crippen molar-refractivity contribution >= 4 is 33.9 Å². The summed E-state index contributed by atoms with van der Waals surface area (Å²) in [5.41, 5.74) is 3.81. The van der Waals surface area contributed by atoms with E-state index in [1.54, 1.807) is 13.2 Å². The molecule has 31 heavy (non-hydrogen) atoms. The van der Waals surface area contributed by atoms with Crippen LogP contribution in [-0.2, 0) is 4.79 Å². The van der Waals surface area contributed by atoms with Gasteiger partial charge in [-0.2, -0.15) is 5.26 Å². The van der Waals surface area contributed by atoms with E-state index in [0.29, 0.717) is 39.4 Å². The Bertz CT molecular complexity index is 1160. The molecule has 0 aliphatic carbocycles. The third-order valence-electron chi connectivity index (χ3n) is 4.39. The Morgan fingerprint density at radius 3 is 2.58 bits per heavy atom. The maximum Gasteiger partial charge on any atom is 0.221 e. The number of hydrogen-bond donors (Lipinski definition) is 1. The monoisotopic (exact) mass is 433 g/mol. The van der Waals surface area contributed by atoms with Gasteiger partial charge in [0.05, 0.1) is 19.3 Å². The highest BCUT2D eigenvalue weighted by Gasteiger charge is 2.17. The smallest absolute Gasteiger partial charge is 0.221 e. The molecule has 7 heteroatoms. The van der Waals surface area contributed by atoms with Crippen molar-refractivity contribution < 1.29 is 14.3 Å². The van der Waals surface area contributed by atoms with Crippen LogP contribution in [0.25, 0.3) is 22.9 Å². The first kappa shape index (κ1) is 22.1. The molecule has 0 saturated carbocycles. The van der Waals surface area contributed by atoms with Crippen molar-refractivity contribution in [3.63, 3.8) is 0 Å². The molecule has 0 aliphatic rings. The van der Waals surface area contributed by atoms with Gasteiger partial charge in [-0.05, 0) is 37.6 Å². The number of methoxy groups -OCH3 is 1. The second-order valence-corrected chi connectivity index (χ2v) is 7.76.